The van der Waals surface area contributed by atoms with Crippen molar-refractivity contribution >= 4 is 29.7 Å². The van der Waals surface area contributed by atoms with E-state index in [1.807, 2.05) is 30.5 Å². The first-order valence-corrected chi connectivity index (χ1v) is 11.4. The van der Waals surface area contributed by atoms with E-state index in [4.69, 9.17) is 4.74 Å². The van der Waals surface area contributed by atoms with Gasteiger partial charge in [-0.25, -0.2) is 19.9 Å². The fraction of sp³-hybridized carbons (Fsp3) is 0.320. The lowest BCUT2D eigenvalue weighted by atomic mass is 9.86. The van der Waals surface area contributed by atoms with Gasteiger partial charge in [0.25, 0.3) is 0 Å². The van der Waals surface area contributed by atoms with Crippen LogP contribution in [0.15, 0.2) is 47.6 Å². The molecule has 0 bridgehead atoms. The molecule has 3 aromatic rings. The third kappa shape index (κ3) is 3.61. The number of benzene rings is 1. The van der Waals surface area contributed by atoms with Crippen LogP contribution in [0, 0.1) is 0 Å². The summed E-state index contributed by atoms with van der Waals surface area (Å²) < 4.78 is 6.34. The highest BCUT2D eigenvalue weighted by Gasteiger charge is 2.31. The van der Waals surface area contributed by atoms with E-state index >= 15 is 0 Å². The quantitative estimate of drug-likeness (QED) is 0.608. The van der Waals surface area contributed by atoms with Gasteiger partial charge in [-0.2, -0.15) is 0 Å². The first-order chi connectivity index (χ1) is 16.3. The van der Waals surface area contributed by atoms with Crippen molar-refractivity contribution in [2.75, 3.05) is 18.1 Å². The highest BCUT2D eigenvalue weighted by Crippen LogP contribution is 2.35. The Labute approximate surface area is 191 Å². The molecular formula is C25H24N6O2. The molecule has 0 radical (unpaired) electrons. The lowest BCUT2D eigenvalue weighted by Gasteiger charge is -2.28. The van der Waals surface area contributed by atoms with Crippen molar-refractivity contribution in [3.63, 3.8) is 0 Å². The zero-order valence-corrected chi connectivity index (χ0v) is 18.2. The van der Waals surface area contributed by atoms with Gasteiger partial charge in [0.2, 0.25) is 0 Å². The van der Waals surface area contributed by atoms with Crippen LogP contribution in [0.4, 0.5) is 11.6 Å². The third-order valence-electron chi connectivity index (χ3n) is 6.65. The van der Waals surface area contributed by atoms with Crippen molar-refractivity contribution in [3.05, 3.63) is 65.0 Å². The summed E-state index contributed by atoms with van der Waals surface area (Å²) in [5, 5.41) is 0. The predicted molar refractivity (Wildman–Crippen MR) is 125 cm³/mol. The predicted octanol–water partition coefficient (Wildman–Crippen LogP) is 3.72. The smallest absolute Gasteiger partial charge is 0.189 e. The Hall–Kier alpha value is -3.81. The Bertz CT molecular complexity index is 1260. The number of aromatic nitrogens is 4. The Morgan fingerprint density at radius 1 is 1.21 bits per heavy atom. The molecule has 0 saturated carbocycles. The number of ketones is 1. The van der Waals surface area contributed by atoms with Gasteiger partial charge < -0.3 is 14.6 Å². The summed E-state index contributed by atoms with van der Waals surface area (Å²) in [6.07, 6.45) is 13.1. The van der Waals surface area contributed by atoms with Crippen LogP contribution < -0.4 is 9.64 Å². The molecule has 6 rings (SSSR count). The average molecular weight is 441 g/mol. The lowest BCUT2D eigenvalue weighted by molar-refractivity contribution is 0.102. The number of aliphatic imine (C=N–C) groups is 1. The number of allylic oxidation sites excluding steroid dienone is 1. The molecule has 2 aliphatic heterocycles. The van der Waals surface area contributed by atoms with Crippen LogP contribution in [-0.2, 0) is 12.8 Å². The summed E-state index contributed by atoms with van der Waals surface area (Å²) in [5.74, 6) is 2.63. The van der Waals surface area contributed by atoms with Crippen molar-refractivity contribution in [1.29, 1.82) is 0 Å². The molecule has 3 aliphatic rings. The number of Topliss-reactive ketones (excluding diaryl/α,β-unsaturated/α-hetero) is 1. The van der Waals surface area contributed by atoms with E-state index in [0.29, 0.717) is 13.0 Å². The Kier molecular flexibility index (Phi) is 4.97. The zero-order chi connectivity index (χ0) is 22.2. The summed E-state index contributed by atoms with van der Waals surface area (Å²) >= 11 is 0. The van der Waals surface area contributed by atoms with Crippen LogP contribution >= 0.6 is 0 Å². The number of ether oxygens (including phenoxy) is 1. The minimum Gasteiger partial charge on any atom is -0.491 e. The van der Waals surface area contributed by atoms with E-state index in [2.05, 4.69) is 29.8 Å². The number of anilines is 1. The fourth-order valence-corrected chi connectivity index (χ4v) is 5.02. The molecule has 8 heteroatoms. The van der Waals surface area contributed by atoms with Crippen molar-refractivity contribution in [2.24, 2.45) is 4.99 Å². The molecule has 0 amide bonds. The number of nitrogens with zero attached hydrogens (tertiary/aromatic N) is 5. The van der Waals surface area contributed by atoms with Gasteiger partial charge in [0.15, 0.2) is 11.6 Å². The van der Waals surface area contributed by atoms with E-state index in [-0.39, 0.29) is 11.8 Å². The Balaban J connectivity index is 1.20. The van der Waals surface area contributed by atoms with Gasteiger partial charge in [0, 0.05) is 41.4 Å². The highest BCUT2D eigenvalue weighted by molar-refractivity contribution is 6.13. The second-order valence-corrected chi connectivity index (χ2v) is 8.60. The topological polar surface area (TPSA) is 96.4 Å². The van der Waals surface area contributed by atoms with Crippen molar-refractivity contribution in [3.8, 4) is 5.75 Å². The number of carbonyl (C=O) groups excluding carboxylic acids is 1. The van der Waals surface area contributed by atoms with E-state index < -0.39 is 0 Å². The number of imidazole rings is 1. The minimum atomic E-state index is 0.0651. The average Bonchev–Trinajstić information content (AvgIpc) is 3.61. The maximum atomic E-state index is 13.1. The molecule has 2 aromatic heterocycles. The van der Waals surface area contributed by atoms with Gasteiger partial charge in [0.1, 0.15) is 24.5 Å². The summed E-state index contributed by atoms with van der Waals surface area (Å²) in [6.45, 7) is 1.51. The third-order valence-corrected chi connectivity index (χ3v) is 6.65. The number of fused-ring (bicyclic) bond motifs is 2. The number of nitrogens with one attached hydrogen (secondary N) is 1. The van der Waals surface area contributed by atoms with Crippen LogP contribution in [-0.4, -0.2) is 51.1 Å². The van der Waals surface area contributed by atoms with Crippen molar-refractivity contribution in [2.45, 2.75) is 38.1 Å². The highest BCUT2D eigenvalue weighted by atomic mass is 16.5. The van der Waals surface area contributed by atoms with Crippen molar-refractivity contribution in [1.82, 2.24) is 19.9 Å². The fourth-order valence-electron chi connectivity index (χ4n) is 5.02. The van der Waals surface area contributed by atoms with Crippen LogP contribution in [0.3, 0.4) is 0 Å². The number of aromatic amines is 1. The maximum Gasteiger partial charge on any atom is 0.189 e. The maximum absolute atomic E-state index is 13.1. The summed E-state index contributed by atoms with van der Waals surface area (Å²) in [6, 6.07) is 6.02. The van der Waals surface area contributed by atoms with Crippen LogP contribution in [0.25, 0.3) is 6.08 Å². The molecule has 1 aliphatic carbocycles. The zero-order valence-electron chi connectivity index (χ0n) is 18.2. The first kappa shape index (κ1) is 19.8. The minimum absolute atomic E-state index is 0.0651. The summed E-state index contributed by atoms with van der Waals surface area (Å²) in [7, 11) is 0. The second kappa shape index (κ2) is 8.27. The molecule has 166 valence electrons. The molecule has 0 spiro atoms. The number of hydrogen-bond acceptors (Lipinski definition) is 7. The van der Waals surface area contributed by atoms with E-state index in [0.717, 1.165) is 77.6 Å². The van der Waals surface area contributed by atoms with Gasteiger partial charge in [0.05, 0.1) is 24.3 Å². The monoisotopic (exact) mass is 440 g/mol. The summed E-state index contributed by atoms with van der Waals surface area (Å²) in [5.41, 5.74) is 4.48. The molecule has 33 heavy (non-hydrogen) atoms. The molecule has 1 aromatic carbocycles. The number of hydrogen-bond donors (Lipinski definition) is 1. The van der Waals surface area contributed by atoms with E-state index in [1.54, 1.807) is 18.9 Å². The van der Waals surface area contributed by atoms with Crippen molar-refractivity contribution < 1.29 is 9.53 Å². The van der Waals surface area contributed by atoms with Gasteiger partial charge in [-0.15, -0.1) is 0 Å². The van der Waals surface area contributed by atoms with Gasteiger partial charge in [-0.1, -0.05) is 12.1 Å². The molecular weight excluding hydrogens is 416 g/mol. The molecule has 0 unspecified atom stereocenters. The molecule has 1 N–H and O–H groups in total. The molecule has 1 atom stereocenters. The first-order valence-electron chi connectivity index (χ1n) is 11.4. The second-order valence-electron chi connectivity index (χ2n) is 8.60. The van der Waals surface area contributed by atoms with Crippen LogP contribution in [0.5, 0.6) is 5.75 Å². The molecule has 4 heterocycles. The standard InChI is InChI=1S/C25H24N6O2/c32-23-16(11-17-12-26-14-28-17)6-7-19-20(23)4-1-5-22(19)33-13-18-3-2-10-31(18)25-21-8-9-27-24(21)29-15-30-25/h1,4-5,9,11-12,14-15,18H,2-3,6-8,10,13H2,(H,26,28)/b16-11-/t18-/m1/s1. The van der Waals surface area contributed by atoms with Crippen LogP contribution in [0.2, 0.25) is 0 Å². The Morgan fingerprint density at radius 2 is 2.18 bits per heavy atom. The summed E-state index contributed by atoms with van der Waals surface area (Å²) in [4.78, 5) is 35.7. The normalized spacial score (nSPS) is 20.4. The molecule has 1 saturated heterocycles. The number of H-pyrrole nitrogens is 1. The van der Waals surface area contributed by atoms with E-state index in [1.165, 1.54) is 0 Å². The van der Waals surface area contributed by atoms with Gasteiger partial charge in [-0.05, 0) is 37.8 Å². The van der Waals surface area contributed by atoms with Gasteiger partial charge >= 0.3 is 0 Å². The Morgan fingerprint density at radius 3 is 3.09 bits per heavy atom. The largest absolute Gasteiger partial charge is 0.491 e. The van der Waals surface area contributed by atoms with Crippen LogP contribution in [0.1, 0.15) is 46.4 Å². The SMILES string of the molecule is O=C1/C(=C\c2cnc[nH]2)CCc2c(OC[C@H]3CCCN3c3ncnc4c3CC=N4)cccc21. The van der Waals surface area contributed by atoms with E-state index in [9.17, 15) is 4.79 Å². The van der Waals surface area contributed by atoms with Gasteiger partial charge in [-0.3, -0.25) is 4.79 Å². The number of rotatable bonds is 5. The lowest BCUT2D eigenvalue weighted by Crippen LogP contribution is -2.35. The molecule has 8 nitrogen and oxygen atoms in total. The molecule has 1 fully saturated rings. The number of carbonyl (C=O) groups is 1.